The molecule has 1 fully saturated rings. The van der Waals surface area contributed by atoms with Gasteiger partial charge in [-0.05, 0) is 47.5 Å². The van der Waals surface area contributed by atoms with Gasteiger partial charge in [-0.3, -0.25) is 19.7 Å². The van der Waals surface area contributed by atoms with Crippen LogP contribution in [-0.2, 0) is 16.1 Å². The first kappa shape index (κ1) is 25.1. The molecule has 1 unspecified atom stereocenters. The number of anilines is 1. The standard InChI is InChI=1S/C27H23N3O7/c1-28(2)20-11-7-17(8-12-20)23-22(24(31)18-9-13-21(14-10-18)30(36)37)25(32)26(33)29(23)15-16-3-5-19(6-4-16)27(34)35/h3-14,23,31H,15H2,1-2H3,(H,34,35)/b24-22-. The number of ketones is 1. The van der Waals surface area contributed by atoms with E-state index in [1.165, 1.54) is 41.3 Å². The molecule has 1 heterocycles. The van der Waals surface area contributed by atoms with E-state index < -0.39 is 34.4 Å². The molecule has 0 spiro atoms. The number of non-ortho nitro benzene ring substituents is 1. The van der Waals surface area contributed by atoms with Crippen molar-refractivity contribution in [1.29, 1.82) is 0 Å². The Morgan fingerprint density at radius 3 is 2.00 bits per heavy atom. The molecule has 10 nitrogen and oxygen atoms in total. The SMILES string of the molecule is CN(C)c1ccc(C2/C(=C(/O)c3ccc([N+](=O)[O-])cc3)C(=O)C(=O)N2Cc2ccc(C(=O)O)cc2)cc1. The van der Waals surface area contributed by atoms with Gasteiger partial charge in [-0.1, -0.05) is 24.3 Å². The maximum atomic E-state index is 13.2. The number of aliphatic hydroxyl groups excluding tert-OH is 1. The van der Waals surface area contributed by atoms with Gasteiger partial charge in [0.1, 0.15) is 5.76 Å². The van der Waals surface area contributed by atoms with Crippen LogP contribution >= 0.6 is 0 Å². The predicted molar refractivity (Wildman–Crippen MR) is 135 cm³/mol. The van der Waals surface area contributed by atoms with Crippen LogP contribution in [0.2, 0.25) is 0 Å². The van der Waals surface area contributed by atoms with E-state index in [9.17, 15) is 29.6 Å². The molecule has 10 heteroatoms. The maximum Gasteiger partial charge on any atom is 0.335 e. The molecule has 0 aromatic heterocycles. The minimum absolute atomic E-state index is 0.0123. The molecule has 0 aliphatic carbocycles. The lowest BCUT2D eigenvalue weighted by molar-refractivity contribution is -0.384. The fraction of sp³-hybridized carbons (Fsp3) is 0.148. The van der Waals surface area contributed by atoms with Crippen molar-refractivity contribution in [2.24, 2.45) is 0 Å². The largest absolute Gasteiger partial charge is 0.507 e. The number of carboxylic acid groups (broad SMARTS) is 1. The quantitative estimate of drug-likeness (QED) is 0.163. The Kier molecular flexibility index (Phi) is 6.75. The van der Waals surface area contributed by atoms with Crippen LogP contribution in [0.3, 0.4) is 0 Å². The maximum absolute atomic E-state index is 13.2. The highest BCUT2D eigenvalue weighted by Gasteiger charge is 2.46. The van der Waals surface area contributed by atoms with E-state index in [1.807, 2.05) is 31.1 Å². The van der Waals surface area contributed by atoms with E-state index in [4.69, 9.17) is 5.11 Å². The van der Waals surface area contributed by atoms with Crippen molar-refractivity contribution < 1.29 is 29.5 Å². The van der Waals surface area contributed by atoms with Crippen molar-refractivity contribution in [3.8, 4) is 0 Å². The summed E-state index contributed by atoms with van der Waals surface area (Å²) in [5.41, 5.74) is 1.98. The predicted octanol–water partition coefficient (Wildman–Crippen LogP) is 3.98. The third-order valence-corrected chi connectivity index (χ3v) is 6.17. The van der Waals surface area contributed by atoms with Crippen molar-refractivity contribution in [1.82, 2.24) is 4.90 Å². The molecule has 1 saturated heterocycles. The fourth-order valence-electron chi connectivity index (χ4n) is 4.19. The summed E-state index contributed by atoms with van der Waals surface area (Å²) >= 11 is 0. The lowest BCUT2D eigenvalue weighted by atomic mass is 9.95. The summed E-state index contributed by atoms with van der Waals surface area (Å²) in [7, 11) is 3.74. The number of benzene rings is 3. The Balaban J connectivity index is 1.81. The van der Waals surface area contributed by atoms with E-state index in [2.05, 4.69) is 0 Å². The number of hydrogen-bond donors (Lipinski definition) is 2. The zero-order chi connectivity index (χ0) is 26.9. The number of nitro groups is 1. The summed E-state index contributed by atoms with van der Waals surface area (Å²) in [6.07, 6.45) is 0. The van der Waals surface area contributed by atoms with Gasteiger partial charge >= 0.3 is 5.97 Å². The monoisotopic (exact) mass is 501 g/mol. The molecule has 2 N–H and O–H groups in total. The van der Waals surface area contributed by atoms with Crippen LogP contribution < -0.4 is 4.90 Å². The van der Waals surface area contributed by atoms with Crippen LogP contribution in [0.25, 0.3) is 5.76 Å². The van der Waals surface area contributed by atoms with Gasteiger partial charge in [-0.25, -0.2) is 4.79 Å². The molecule has 3 aromatic carbocycles. The van der Waals surface area contributed by atoms with Crippen LogP contribution in [0.15, 0.2) is 78.4 Å². The topological polar surface area (TPSA) is 141 Å². The Hall–Kier alpha value is -4.99. The van der Waals surface area contributed by atoms with Crippen molar-refractivity contribution in [3.63, 3.8) is 0 Å². The number of nitrogens with zero attached hydrogens (tertiary/aromatic N) is 3. The van der Waals surface area contributed by atoms with Crippen LogP contribution in [0.1, 0.15) is 33.1 Å². The number of carbonyl (C=O) groups excluding carboxylic acids is 2. The Labute approximate surface area is 211 Å². The second-order valence-electron chi connectivity index (χ2n) is 8.72. The van der Waals surface area contributed by atoms with Crippen LogP contribution in [0.4, 0.5) is 11.4 Å². The molecule has 3 aromatic rings. The number of amides is 1. The highest BCUT2D eigenvalue weighted by atomic mass is 16.6. The van der Waals surface area contributed by atoms with Crippen LogP contribution in [0.5, 0.6) is 0 Å². The van der Waals surface area contributed by atoms with Crippen molar-refractivity contribution in [3.05, 3.63) is 111 Å². The highest BCUT2D eigenvalue weighted by molar-refractivity contribution is 6.46. The third-order valence-electron chi connectivity index (χ3n) is 6.17. The number of aliphatic hydroxyl groups is 1. The number of nitro benzene ring substituents is 1. The van der Waals surface area contributed by atoms with E-state index in [0.717, 1.165) is 5.69 Å². The summed E-state index contributed by atoms with van der Waals surface area (Å²) in [6, 6.07) is 17.2. The van der Waals surface area contributed by atoms with E-state index in [-0.39, 0.29) is 28.9 Å². The Bertz CT molecular complexity index is 1410. The number of carbonyl (C=O) groups is 3. The molecule has 1 atom stereocenters. The summed E-state index contributed by atoms with van der Waals surface area (Å²) in [5.74, 6) is -3.25. The van der Waals surface area contributed by atoms with Gasteiger partial charge in [0.05, 0.1) is 22.1 Å². The molecule has 0 bridgehead atoms. The first-order valence-corrected chi connectivity index (χ1v) is 11.2. The molecule has 1 aliphatic heterocycles. The minimum atomic E-state index is -1.09. The second kappa shape index (κ2) is 9.94. The Morgan fingerprint density at radius 2 is 1.49 bits per heavy atom. The molecule has 37 heavy (non-hydrogen) atoms. The zero-order valence-corrected chi connectivity index (χ0v) is 20.0. The fourth-order valence-corrected chi connectivity index (χ4v) is 4.19. The number of rotatable bonds is 7. The van der Waals surface area contributed by atoms with E-state index in [0.29, 0.717) is 11.1 Å². The smallest absolute Gasteiger partial charge is 0.335 e. The number of Topliss-reactive ketones (excluding diaryl/α,β-unsaturated/α-hetero) is 1. The molecule has 0 radical (unpaired) electrons. The number of hydrogen-bond acceptors (Lipinski definition) is 7. The number of likely N-dealkylation sites (tertiary alicyclic amines) is 1. The van der Waals surface area contributed by atoms with Gasteiger partial charge < -0.3 is 20.0 Å². The summed E-state index contributed by atoms with van der Waals surface area (Å²) in [5, 5.41) is 31.3. The minimum Gasteiger partial charge on any atom is -0.507 e. The summed E-state index contributed by atoms with van der Waals surface area (Å²) in [4.78, 5) is 51.2. The Morgan fingerprint density at radius 1 is 0.919 bits per heavy atom. The number of aromatic carboxylic acids is 1. The second-order valence-corrected chi connectivity index (χ2v) is 8.72. The van der Waals surface area contributed by atoms with Crippen LogP contribution in [0, 0.1) is 10.1 Å². The van der Waals surface area contributed by atoms with Gasteiger partial charge in [-0.15, -0.1) is 0 Å². The molecule has 188 valence electrons. The van der Waals surface area contributed by atoms with Gasteiger partial charge in [0.25, 0.3) is 17.4 Å². The van der Waals surface area contributed by atoms with Gasteiger partial charge in [0.2, 0.25) is 0 Å². The zero-order valence-electron chi connectivity index (χ0n) is 20.0. The number of carboxylic acids is 1. The normalized spacial score (nSPS) is 16.6. The first-order chi connectivity index (χ1) is 17.6. The summed E-state index contributed by atoms with van der Waals surface area (Å²) < 4.78 is 0. The molecule has 0 saturated carbocycles. The van der Waals surface area contributed by atoms with E-state index in [1.54, 1.807) is 24.3 Å². The lowest BCUT2D eigenvalue weighted by Gasteiger charge is -2.26. The average molecular weight is 501 g/mol. The highest BCUT2D eigenvalue weighted by Crippen LogP contribution is 2.40. The van der Waals surface area contributed by atoms with Crippen LogP contribution in [-0.4, -0.2) is 51.8 Å². The first-order valence-electron chi connectivity index (χ1n) is 11.2. The lowest BCUT2D eigenvalue weighted by Crippen LogP contribution is -2.29. The average Bonchev–Trinajstić information content (AvgIpc) is 3.13. The molecular formula is C27H23N3O7. The van der Waals surface area contributed by atoms with Gasteiger partial charge in [-0.2, -0.15) is 0 Å². The van der Waals surface area contributed by atoms with Crippen molar-refractivity contribution in [2.75, 3.05) is 19.0 Å². The van der Waals surface area contributed by atoms with Crippen molar-refractivity contribution in [2.45, 2.75) is 12.6 Å². The van der Waals surface area contributed by atoms with E-state index >= 15 is 0 Å². The third kappa shape index (κ3) is 4.90. The van der Waals surface area contributed by atoms with Crippen molar-refractivity contribution >= 4 is 34.8 Å². The molecule has 4 rings (SSSR count). The molecule has 1 amide bonds. The van der Waals surface area contributed by atoms with Gasteiger partial charge in [0.15, 0.2) is 0 Å². The molecular weight excluding hydrogens is 478 g/mol. The van der Waals surface area contributed by atoms with Gasteiger partial charge in [0, 0.05) is 44.0 Å². The molecule has 1 aliphatic rings. The summed E-state index contributed by atoms with van der Waals surface area (Å²) in [6.45, 7) is -0.0123.